The fourth-order valence-electron chi connectivity index (χ4n) is 2.37. The van der Waals surface area contributed by atoms with Crippen molar-refractivity contribution in [1.29, 1.82) is 5.26 Å². The molecular formula is C23H26N2O4. The van der Waals surface area contributed by atoms with Crippen molar-refractivity contribution < 1.29 is 19.1 Å². The number of nitriles is 1. The SMILES string of the molecule is CC(C)[C@@](C)(C#N)NC(=O)[C@@H](C)OC(=O)c1ccc(OCc2ccccc2)cc1. The molecule has 152 valence electrons. The first-order chi connectivity index (χ1) is 13.7. The molecular weight excluding hydrogens is 368 g/mol. The van der Waals surface area contributed by atoms with Crippen LogP contribution in [-0.2, 0) is 16.1 Å². The molecule has 2 atom stereocenters. The van der Waals surface area contributed by atoms with E-state index in [4.69, 9.17) is 9.47 Å². The first-order valence-electron chi connectivity index (χ1n) is 9.46. The number of ether oxygens (including phenoxy) is 2. The van der Waals surface area contributed by atoms with Crippen molar-refractivity contribution >= 4 is 11.9 Å². The Hall–Kier alpha value is -3.33. The van der Waals surface area contributed by atoms with Gasteiger partial charge in [0.05, 0.1) is 11.6 Å². The number of carbonyl (C=O) groups is 2. The zero-order chi connectivity index (χ0) is 21.4. The second-order valence-corrected chi connectivity index (χ2v) is 7.30. The quantitative estimate of drug-likeness (QED) is 0.687. The normalized spacial score (nSPS) is 13.7. The molecule has 2 rings (SSSR count). The molecule has 0 fully saturated rings. The van der Waals surface area contributed by atoms with E-state index in [0.717, 1.165) is 5.56 Å². The van der Waals surface area contributed by atoms with Gasteiger partial charge in [0.25, 0.3) is 5.91 Å². The van der Waals surface area contributed by atoms with Gasteiger partial charge in [0.2, 0.25) is 0 Å². The lowest BCUT2D eigenvalue weighted by atomic mass is 9.90. The summed E-state index contributed by atoms with van der Waals surface area (Å²) >= 11 is 0. The first-order valence-corrected chi connectivity index (χ1v) is 9.46. The molecule has 0 aromatic heterocycles. The maximum Gasteiger partial charge on any atom is 0.338 e. The molecule has 6 heteroatoms. The minimum absolute atomic E-state index is 0.0946. The Morgan fingerprint density at radius 1 is 1.07 bits per heavy atom. The van der Waals surface area contributed by atoms with Crippen LogP contribution in [0.15, 0.2) is 54.6 Å². The van der Waals surface area contributed by atoms with E-state index in [1.54, 1.807) is 31.2 Å². The van der Waals surface area contributed by atoms with Gasteiger partial charge in [-0.25, -0.2) is 4.79 Å². The minimum atomic E-state index is -1.03. The predicted molar refractivity (Wildman–Crippen MR) is 109 cm³/mol. The molecule has 1 N–H and O–H groups in total. The van der Waals surface area contributed by atoms with Crippen LogP contribution in [-0.4, -0.2) is 23.5 Å². The average molecular weight is 394 g/mol. The summed E-state index contributed by atoms with van der Waals surface area (Å²) in [5.74, 6) is -0.606. The van der Waals surface area contributed by atoms with Crippen molar-refractivity contribution in [1.82, 2.24) is 5.32 Å². The summed E-state index contributed by atoms with van der Waals surface area (Å²) < 4.78 is 10.9. The highest BCUT2D eigenvalue weighted by molar-refractivity contribution is 5.92. The van der Waals surface area contributed by atoms with E-state index >= 15 is 0 Å². The van der Waals surface area contributed by atoms with Crippen LogP contribution in [0.2, 0.25) is 0 Å². The Morgan fingerprint density at radius 3 is 2.24 bits per heavy atom. The molecule has 0 heterocycles. The zero-order valence-corrected chi connectivity index (χ0v) is 17.1. The van der Waals surface area contributed by atoms with Crippen LogP contribution in [0.4, 0.5) is 0 Å². The van der Waals surface area contributed by atoms with Gasteiger partial charge in [-0.3, -0.25) is 4.79 Å². The van der Waals surface area contributed by atoms with Crippen LogP contribution >= 0.6 is 0 Å². The van der Waals surface area contributed by atoms with Gasteiger partial charge in [-0.1, -0.05) is 44.2 Å². The number of esters is 1. The second-order valence-electron chi connectivity index (χ2n) is 7.30. The summed E-state index contributed by atoms with van der Waals surface area (Å²) in [4.78, 5) is 24.6. The third kappa shape index (κ3) is 6.08. The smallest absolute Gasteiger partial charge is 0.338 e. The van der Waals surface area contributed by atoms with Gasteiger partial charge < -0.3 is 14.8 Å². The highest BCUT2D eigenvalue weighted by Crippen LogP contribution is 2.17. The standard InChI is InChI=1S/C23H26N2O4/c1-16(2)23(4,15-24)25-21(26)17(3)29-22(27)19-10-12-20(13-11-19)28-14-18-8-6-5-7-9-18/h5-13,16-17H,14H2,1-4H3,(H,25,26)/t17-,23-/m1/s1. The molecule has 0 spiro atoms. The molecule has 0 radical (unpaired) electrons. The van der Waals surface area contributed by atoms with E-state index < -0.39 is 23.5 Å². The summed E-state index contributed by atoms with van der Waals surface area (Å²) in [6.07, 6.45) is -1.03. The molecule has 29 heavy (non-hydrogen) atoms. The number of benzene rings is 2. The van der Waals surface area contributed by atoms with E-state index in [9.17, 15) is 14.9 Å². The van der Waals surface area contributed by atoms with Gasteiger partial charge >= 0.3 is 5.97 Å². The maximum absolute atomic E-state index is 12.3. The monoisotopic (exact) mass is 394 g/mol. The predicted octanol–water partition coefficient (Wildman–Crippen LogP) is 3.87. The molecule has 0 bridgehead atoms. The Balaban J connectivity index is 1.91. The van der Waals surface area contributed by atoms with Crippen molar-refractivity contribution in [3.8, 4) is 11.8 Å². The van der Waals surface area contributed by atoms with E-state index in [1.807, 2.05) is 44.2 Å². The van der Waals surface area contributed by atoms with Crippen LogP contribution in [0.1, 0.15) is 43.6 Å². The van der Waals surface area contributed by atoms with Crippen molar-refractivity contribution in [2.75, 3.05) is 0 Å². The Morgan fingerprint density at radius 2 is 1.69 bits per heavy atom. The second kappa shape index (κ2) is 9.74. The Bertz CT molecular complexity index is 872. The van der Waals surface area contributed by atoms with E-state index in [1.165, 1.54) is 6.92 Å². The van der Waals surface area contributed by atoms with E-state index in [2.05, 4.69) is 11.4 Å². The Kier molecular flexibility index (Phi) is 7.38. The van der Waals surface area contributed by atoms with Gasteiger partial charge in [-0.2, -0.15) is 5.26 Å². The molecule has 1 amide bonds. The summed E-state index contributed by atoms with van der Waals surface area (Å²) in [5, 5.41) is 11.9. The van der Waals surface area contributed by atoms with Crippen LogP contribution in [0.5, 0.6) is 5.75 Å². The van der Waals surface area contributed by atoms with Gasteiger partial charge in [0.15, 0.2) is 6.10 Å². The summed E-state index contributed by atoms with van der Waals surface area (Å²) in [6.45, 7) is 7.21. The average Bonchev–Trinajstić information content (AvgIpc) is 2.72. The van der Waals surface area contributed by atoms with Crippen LogP contribution in [0.3, 0.4) is 0 Å². The number of amides is 1. The van der Waals surface area contributed by atoms with Crippen molar-refractivity contribution in [3.63, 3.8) is 0 Å². The van der Waals surface area contributed by atoms with E-state index in [0.29, 0.717) is 17.9 Å². The lowest BCUT2D eigenvalue weighted by Gasteiger charge is -2.28. The molecule has 0 aliphatic carbocycles. The van der Waals surface area contributed by atoms with Crippen LogP contribution in [0.25, 0.3) is 0 Å². The van der Waals surface area contributed by atoms with Gasteiger partial charge in [-0.15, -0.1) is 0 Å². The molecule has 0 aliphatic heterocycles. The topological polar surface area (TPSA) is 88.4 Å². The highest BCUT2D eigenvalue weighted by atomic mass is 16.5. The molecule has 0 aliphatic rings. The highest BCUT2D eigenvalue weighted by Gasteiger charge is 2.32. The van der Waals surface area contributed by atoms with Crippen LogP contribution in [0, 0.1) is 17.2 Å². The third-order valence-electron chi connectivity index (χ3n) is 4.76. The lowest BCUT2D eigenvalue weighted by Crippen LogP contribution is -2.52. The van der Waals surface area contributed by atoms with Gasteiger partial charge in [0.1, 0.15) is 17.9 Å². The zero-order valence-electron chi connectivity index (χ0n) is 17.1. The molecule has 2 aromatic rings. The number of hydrogen-bond acceptors (Lipinski definition) is 5. The number of hydrogen-bond donors (Lipinski definition) is 1. The third-order valence-corrected chi connectivity index (χ3v) is 4.76. The number of rotatable bonds is 8. The molecule has 0 saturated carbocycles. The fraction of sp³-hybridized carbons (Fsp3) is 0.348. The van der Waals surface area contributed by atoms with Gasteiger partial charge in [0, 0.05) is 0 Å². The van der Waals surface area contributed by atoms with Crippen molar-refractivity contribution in [2.45, 2.75) is 45.9 Å². The first kappa shape index (κ1) is 22.0. The maximum atomic E-state index is 12.3. The summed E-state index contributed by atoms with van der Waals surface area (Å²) in [5.41, 5.74) is 0.320. The summed E-state index contributed by atoms with van der Waals surface area (Å²) in [6, 6.07) is 18.4. The Labute approximate surface area is 171 Å². The van der Waals surface area contributed by atoms with Crippen molar-refractivity contribution in [3.05, 3.63) is 65.7 Å². The molecule has 6 nitrogen and oxygen atoms in total. The number of carbonyl (C=O) groups excluding carboxylic acids is 2. The molecule has 2 aromatic carbocycles. The molecule has 0 saturated heterocycles. The largest absolute Gasteiger partial charge is 0.489 e. The number of nitrogens with one attached hydrogen (secondary N) is 1. The minimum Gasteiger partial charge on any atom is -0.489 e. The number of nitrogens with zero attached hydrogens (tertiary/aromatic N) is 1. The lowest BCUT2D eigenvalue weighted by molar-refractivity contribution is -0.130. The van der Waals surface area contributed by atoms with Crippen molar-refractivity contribution in [2.24, 2.45) is 5.92 Å². The van der Waals surface area contributed by atoms with E-state index in [-0.39, 0.29) is 5.92 Å². The van der Waals surface area contributed by atoms with Crippen LogP contribution < -0.4 is 10.1 Å². The fourth-order valence-corrected chi connectivity index (χ4v) is 2.37. The molecule has 0 unspecified atom stereocenters. The van der Waals surface area contributed by atoms with Gasteiger partial charge in [-0.05, 0) is 49.6 Å². The summed E-state index contributed by atoms with van der Waals surface area (Å²) in [7, 11) is 0.